The molecule has 0 saturated heterocycles. The van der Waals surface area contributed by atoms with Gasteiger partial charge in [-0.1, -0.05) is 27.5 Å². The van der Waals surface area contributed by atoms with E-state index in [4.69, 9.17) is 16.3 Å². The lowest BCUT2D eigenvalue weighted by Gasteiger charge is -2.12. The summed E-state index contributed by atoms with van der Waals surface area (Å²) in [7, 11) is -2.46. The zero-order chi connectivity index (χ0) is 15.6. The SMILES string of the molecule is COc1ccc(Br)cc1S(=O)(=O)Nc1ccc(O)c(Cl)c1. The number of sulfonamides is 1. The molecule has 5 nitrogen and oxygen atoms in total. The number of nitrogens with one attached hydrogen (secondary N) is 1. The van der Waals surface area contributed by atoms with Gasteiger partial charge < -0.3 is 9.84 Å². The molecule has 0 heterocycles. The van der Waals surface area contributed by atoms with Crippen LogP contribution in [0.3, 0.4) is 0 Å². The normalized spacial score (nSPS) is 11.2. The summed E-state index contributed by atoms with van der Waals surface area (Å²) in [5.74, 6) is 0.0928. The molecule has 21 heavy (non-hydrogen) atoms. The van der Waals surface area contributed by atoms with Gasteiger partial charge in [0.2, 0.25) is 0 Å². The maximum atomic E-state index is 12.4. The highest BCUT2D eigenvalue weighted by atomic mass is 79.9. The molecule has 0 radical (unpaired) electrons. The van der Waals surface area contributed by atoms with E-state index in [2.05, 4.69) is 20.7 Å². The van der Waals surface area contributed by atoms with Gasteiger partial charge in [0, 0.05) is 4.47 Å². The summed E-state index contributed by atoms with van der Waals surface area (Å²) in [6.45, 7) is 0. The monoisotopic (exact) mass is 391 g/mol. The molecule has 2 aromatic rings. The highest BCUT2D eigenvalue weighted by Gasteiger charge is 2.20. The van der Waals surface area contributed by atoms with Gasteiger partial charge in [0.25, 0.3) is 10.0 Å². The van der Waals surface area contributed by atoms with E-state index in [1.807, 2.05) is 0 Å². The summed E-state index contributed by atoms with van der Waals surface area (Å²) in [5.41, 5.74) is 0.236. The number of ether oxygens (including phenoxy) is 1. The molecule has 0 fully saturated rings. The molecular weight excluding hydrogens is 382 g/mol. The van der Waals surface area contributed by atoms with Crippen molar-refractivity contribution in [2.75, 3.05) is 11.8 Å². The molecule has 0 atom stereocenters. The Kier molecular flexibility index (Phi) is 4.65. The second-order valence-corrected chi connectivity index (χ2v) is 7.04. The topological polar surface area (TPSA) is 75.6 Å². The summed E-state index contributed by atoms with van der Waals surface area (Å²) in [6.07, 6.45) is 0. The van der Waals surface area contributed by atoms with Crippen molar-refractivity contribution in [1.29, 1.82) is 0 Å². The number of halogens is 2. The predicted molar refractivity (Wildman–Crippen MR) is 84.6 cm³/mol. The molecule has 2 rings (SSSR count). The van der Waals surface area contributed by atoms with Gasteiger partial charge in [-0.2, -0.15) is 0 Å². The first kappa shape index (κ1) is 15.9. The Morgan fingerprint density at radius 1 is 1.24 bits per heavy atom. The zero-order valence-electron chi connectivity index (χ0n) is 10.8. The lowest BCUT2D eigenvalue weighted by molar-refractivity contribution is 0.403. The van der Waals surface area contributed by atoms with Gasteiger partial charge in [0.15, 0.2) is 0 Å². The van der Waals surface area contributed by atoms with Gasteiger partial charge in [-0.25, -0.2) is 8.42 Å². The van der Waals surface area contributed by atoms with E-state index in [0.717, 1.165) is 0 Å². The van der Waals surface area contributed by atoms with Crippen LogP contribution in [0.15, 0.2) is 45.8 Å². The molecule has 2 aromatic carbocycles. The van der Waals surface area contributed by atoms with E-state index in [1.54, 1.807) is 12.1 Å². The molecular formula is C13H11BrClNO4S. The van der Waals surface area contributed by atoms with Crippen molar-refractivity contribution in [1.82, 2.24) is 0 Å². The number of aromatic hydroxyl groups is 1. The number of methoxy groups -OCH3 is 1. The molecule has 2 N–H and O–H groups in total. The molecule has 0 bridgehead atoms. The fraction of sp³-hybridized carbons (Fsp3) is 0.0769. The fourth-order valence-electron chi connectivity index (χ4n) is 1.64. The molecule has 112 valence electrons. The number of benzene rings is 2. The lowest BCUT2D eigenvalue weighted by atomic mass is 10.3. The third kappa shape index (κ3) is 3.61. The van der Waals surface area contributed by atoms with Gasteiger partial charge in [0.1, 0.15) is 16.4 Å². The molecule has 0 aromatic heterocycles. The molecule has 0 saturated carbocycles. The molecule has 0 spiro atoms. The van der Waals surface area contributed by atoms with Crippen LogP contribution < -0.4 is 9.46 Å². The Bertz CT molecular complexity index is 780. The average molecular weight is 393 g/mol. The quantitative estimate of drug-likeness (QED) is 0.779. The maximum Gasteiger partial charge on any atom is 0.265 e. The Balaban J connectivity index is 2.42. The van der Waals surface area contributed by atoms with Crippen LogP contribution in [-0.2, 0) is 10.0 Å². The lowest BCUT2D eigenvalue weighted by Crippen LogP contribution is -2.14. The van der Waals surface area contributed by atoms with Crippen molar-refractivity contribution in [3.05, 3.63) is 45.9 Å². The third-order valence-electron chi connectivity index (χ3n) is 2.62. The average Bonchev–Trinajstić information content (AvgIpc) is 2.42. The number of rotatable bonds is 4. The van der Waals surface area contributed by atoms with E-state index in [1.165, 1.54) is 31.4 Å². The summed E-state index contributed by atoms with van der Waals surface area (Å²) in [4.78, 5) is -0.0106. The number of phenols is 1. The molecule has 0 amide bonds. The van der Waals surface area contributed by atoms with Gasteiger partial charge >= 0.3 is 0 Å². The number of phenolic OH excluding ortho intramolecular Hbond substituents is 1. The van der Waals surface area contributed by atoms with Gasteiger partial charge in [0.05, 0.1) is 17.8 Å². The van der Waals surface area contributed by atoms with Crippen LogP contribution in [-0.4, -0.2) is 20.6 Å². The van der Waals surface area contributed by atoms with E-state index in [0.29, 0.717) is 4.47 Å². The van der Waals surface area contributed by atoms with Crippen LogP contribution >= 0.6 is 27.5 Å². The predicted octanol–water partition coefficient (Wildman–Crippen LogP) is 3.62. The minimum atomic E-state index is -3.85. The Morgan fingerprint density at radius 3 is 2.57 bits per heavy atom. The molecule has 0 aliphatic carbocycles. The Morgan fingerprint density at radius 2 is 1.95 bits per heavy atom. The van der Waals surface area contributed by atoms with Crippen LogP contribution in [0.25, 0.3) is 0 Å². The van der Waals surface area contributed by atoms with E-state index >= 15 is 0 Å². The van der Waals surface area contributed by atoms with Crippen LogP contribution in [0.2, 0.25) is 5.02 Å². The molecule has 0 aliphatic rings. The van der Waals surface area contributed by atoms with Crippen molar-refractivity contribution >= 4 is 43.2 Å². The summed E-state index contributed by atoms with van der Waals surface area (Å²) < 4.78 is 32.9. The van der Waals surface area contributed by atoms with Crippen LogP contribution in [0, 0.1) is 0 Å². The van der Waals surface area contributed by atoms with Crippen LogP contribution in [0.1, 0.15) is 0 Å². The second-order valence-electron chi connectivity index (χ2n) is 4.07. The largest absolute Gasteiger partial charge is 0.506 e. The second kappa shape index (κ2) is 6.13. The first-order valence-electron chi connectivity index (χ1n) is 5.68. The molecule has 0 unspecified atom stereocenters. The molecule has 8 heteroatoms. The summed E-state index contributed by atoms with van der Waals surface area (Å²) >= 11 is 8.98. The van der Waals surface area contributed by atoms with Gasteiger partial charge in [-0.15, -0.1) is 0 Å². The summed E-state index contributed by atoms with van der Waals surface area (Å²) in [6, 6.07) is 8.68. The maximum absolute atomic E-state index is 12.4. The first-order valence-corrected chi connectivity index (χ1v) is 8.34. The standard InChI is InChI=1S/C13H11BrClNO4S/c1-20-12-5-2-8(14)6-13(12)21(18,19)16-9-3-4-11(17)10(15)7-9/h2-7,16-17H,1H3. The summed E-state index contributed by atoms with van der Waals surface area (Å²) in [5, 5.41) is 9.39. The fourth-order valence-corrected chi connectivity index (χ4v) is 3.58. The number of hydrogen-bond acceptors (Lipinski definition) is 4. The van der Waals surface area contributed by atoms with E-state index < -0.39 is 10.0 Å². The Hall–Kier alpha value is -1.44. The van der Waals surface area contributed by atoms with Crippen molar-refractivity contribution < 1.29 is 18.3 Å². The zero-order valence-corrected chi connectivity index (χ0v) is 14.0. The minimum Gasteiger partial charge on any atom is -0.506 e. The first-order chi connectivity index (χ1) is 9.83. The Labute approximate surface area is 135 Å². The minimum absolute atomic E-state index is 0.0106. The van der Waals surface area contributed by atoms with Crippen LogP contribution in [0.4, 0.5) is 5.69 Å². The van der Waals surface area contributed by atoms with Crippen LogP contribution in [0.5, 0.6) is 11.5 Å². The third-order valence-corrected chi connectivity index (χ3v) is 4.81. The molecule has 0 aliphatic heterocycles. The number of hydrogen-bond donors (Lipinski definition) is 2. The van der Waals surface area contributed by atoms with E-state index in [9.17, 15) is 13.5 Å². The smallest absolute Gasteiger partial charge is 0.265 e. The van der Waals surface area contributed by atoms with Gasteiger partial charge in [-0.05, 0) is 36.4 Å². The van der Waals surface area contributed by atoms with Crippen molar-refractivity contribution in [2.45, 2.75) is 4.90 Å². The van der Waals surface area contributed by atoms with Crippen molar-refractivity contribution in [3.63, 3.8) is 0 Å². The van der Waals surface area contributed by atoms with Crippen molar-refractivity contribution in [3.8, 4) is 11.5 Å². The van der Waals surface area contributed by atoms with E-state index in [-0.39, 0.29) is 27.1 Å². The highest BCUT2D eigenvalue weighted by molar-refractivity contribution is 9.10. The van der Waals surface area contributed by atoms with Crippen molar-refractivity contribution in [2.24, 2.45) is 0 Å². The van der Waals surface area contributed by atoms with Gasteiger partial charge in [-0.3, -0.25) is 4.72 Å². The number of anilines is 1. The highest BCUT2D eigenvalue weighted by Crippen LogP contribution is 2.31.